The summed E-state index contributed by atoms with van der Waals surface area (Å²) in [6.45, 7) is 11.3. The number of nitrogens with zero attached hydrogens (tertiary/aromatic N) is 1. The number of Topliss-reactive ketones (excluding diaryl/α,β-unsaturated/α-hetero) is 1. The summed E-state index contributed by atoms with van der Waals surface area (Å²) < 4.78 is 5.29. The molecule has 1 fully saturated rings. The second-order valence-electron chi connectivity index (χ2n) is 5.48. The molecule has 0 aliphatic carbocycles. The van der Waals surface area contributed by atoms with Gasteiger partial charge in [0.25, 0.3) is 0 Å². The van der Waals surface area contributed by atoms with Crippen molar-refractivity contribution in [1.82, 2.24) is 4.90 Å². The van der Waals surface area contributed by atoms with Crippen LogP contribution in [0.2, 0.25) is 0 Å². The molecule has 0 aromatic rings. The highest BCUT2D eigenvalue weighted by atomic mass is 16.6. The molecule has 0 bridgehead atoms. The maximum atomic E-state index is 11.9. The van der Waals surface area contributed by atoms with Crippen LogP contribution >= 0.6 is 0 Å². The van der Waals surface area contributed by atoms with E-state index in [1.165, 1.54) is 4.90 Å². The Morgan fingerprint density at radius 1 is 1.35 bits per heavy atom. The molecule has 1 heterocycles. The van der Waals surface area contributed by atoms with E-state index in [1.807, 2.05) is 20.8 Å². The highest BCUT2D eigenvalue weighted by Gasteiger charge is 2.36. The number of rotatable bonds is 2. The molecule has 1 aliphatic rings. The lowest BCUT2D eigenvalue weighted by Crippen LogP contribution is -2.43. The zero-order valence-corrected chi connectivity index (χ0v) is 11.1. The van der Waals surface area contributed by atoms with Crippen LogP contribution in [0, 0.1) is 0 Å². The average molecular weight is 239 g/mol. The van der Waals surface area contributed by atoms with Crippen LogP contribution < -0.4 is 0 Å². The predicted molar refractivity (Wildman–Crippen MR) is 65.8 cm³/mol. The first-order valence-electron chi connectivity index (χ1n) is 5.92. The third-order valence-electron chi connectivity index (χ3n) is 2.60. The van der Waals surface area contributed by atoms with E-state index >= 15 is 0 Å². The van der Waals surface area contributed by atoms with Gasteiger partial charge in [0, 0.05) is 6.54 Å². The number of ketones is 1. The summed E-state index contributed by atoms with van der Waals surface area (Å²) in [6, 6.07) is -0.387. The van der Waals surface area contributed by atoms with E-state index in [0.29, 0.717) is 18.5 Å². The summed E-state index contributed by atoms with van der Waals surface area (Å²) in [5, 5.41) is 0. The predicted octanol–water partition coefficient (Wildman–Crippen LogP) is 2.53. The summed E-state index contributed by atoms with van der Waals surface area (Å²) in [4.78, 5) is 25.3. The smallest absolute Gasteiger partial charge is 0.410 e. The molecule has 4 heteroatoms. The van der Waals surface area contributed by atoms with Crippen LogP contribution in [0.25, 0.3) is 0 Å². The molecule has 0 spiro atoms. The number of ether oxygens (including phenoxy) is 1. The second kappa shape index (κ2) is 4.90. The zero-order valence-electron chi connectivity index (χ0n) is 11.1. The summed E-state index contributed by atoms with van der Waals surface area (Å²) in [6.07, 6.45) is 1.13. The van der Waals surface area contributed by atoms with Gasteiger partial charge in [-0.25, -0.2) is 4.79 Å². The third kappa shape index (κ3) is 3.58. The molecule has 0 aromatic heterocycles. The molecule has 0 unspecified atom stereocenters. The van der Waals surface area contributed by atoms with Gasteiger partial charge in [-0.3, -0.25) is 9.69 Å². The fourth-order valence-corrected chi connectivity index (χ4v) is 1.86. The standard InChI is InChI=1S/C13H21NO3/c1-9(2)11(15)10-7-6-8-14(10)12(16)17-13(3,4)5/h10H,1,6-8H2,2-5H3/t10-/m1/s1. The van der Waals surface area contributed by atoms with Crippen molar-refractivity contribution in [2.24, 2.45) is 0 Å². The molecule has 0 saturated carbocycles. The van der Waals surface area contributed by atoms with E-state index in [2.05, 4.69) is 6.58 Å². The normalized spacial score (nSPS) is 20.2. The Labute approximate surface area is 103 Å². The number of amides is 1. The topological polar surface area (TPSA) is 46.6 Å². The van der Waals surface area contributed by atoms with Gasteiger partial charge >= 0.3 is 6.09 Å². The summed E-state index contributed by atoms with van der Waals surface area (Å²) >= 11 is 0. The molecular formula is C13H21NO3. The highest BCUT2D eigenvalue weighted by Crippen LogP contribution is 2.22. The maximum absolute atomic E-state index is 11.9. The Morgan fingerprint density at radius 2 is 1.94 bits per heavy atom. The van der Waals surface area contributed by atoms with Crippen LogP contribution in [0.5, 0.6) is 0 Å². The van der Waals surface area contributed by atoms with Crippen molar-refractivity contribution in [3.05, 3.63) is 12.2 Å². The molecule has 0 N–H and O–H groups in total. The molecule has 1 amide bonds. The van der Waals surface area contributed by atoms with Gasteiger partial charge in [0.1, 0.15) is 5.60 Å². The molecule has 0 aromatic carbocycles. The van der Waals surface area contributed by atoms with Gasteiger partial charge in [0.2, 0.25) is 0 Å². The van der Waals surface area contributed by atoms with Crippen LogP contribution in [0.3, 0.4) is 0 Å². The number of hydrogen-bond acceptors (Lipinski definition) is 3. The molecule has 1 saturated heterocycles. The Kier molecular flexibility index (Phi) is 3.96. The van der Waals surface area contributed by atoms with E-state index in [1.54, 1.807) is 6.92 Å². The van der Waals surface area contributed by atoms with Gasteiger partial charge in [-0.2, -0.15) is 0 Å². The maximum Gasteiger partial charge on any atom is 0.410 e. The van der Waals surface area contributed by atoms with Gasteiger partial charge < -0.3 is 4.74 Å². The largest absolute Gasteiger partial charge is 0.444 e. The molecule has 0 radical (unpaired) electrons. The zero-order chi connectivity index (χ0) is 13.2. The SMILES string of the molecule is C=C(C)C(=O)[C@H]1CCCN1C(=O)OC(C)(C)C. The first-order chi connectivity index (χ1) is 7.72. The molecule has 17 heavy (non-hydrogen) atoms. The Balaban J connectivity index is 2.73. The van der Waals surface area contributed by atoms with Crippen molar-refractivity contribution in [3.8, 4) is 0 Å². The van der Waals surface area contributed by atoms with E-state index < -0.39 is 11.7 Å². The minimum atomic E-state index is -0.531. The molecule has 1 atom stereocenters. The number of likely N-dealkylation sites (tertiary alicyclic amines) is 1. The van der Waals surface area contributed by atoms with Crippen molar-refractivity contribution in [1.29, 1.82) is 0 Å². The summed E-state index contributed by atoms with van der Waals surface area (Å²) in [5.41, 5.74) is -0.0401. The van der Waals surface area contributed by atoms with Crippen LogP contribution in [-0.4, -0.2) is 35.0 Å². The fraction of sp³-hybridized carbons (Fsp3) is 0.692. The van der Waals surface area contributed by atoms with E-state index in [9.17, 15) is 9.59 Å². The third-order valence-corrected chi connectivity index (χ3v) is 2.60. The van der Waals surface area contributed by atoms with Crippen molar-refractivity contribution < 1.29 is 14.3 Å². The van der Waals surface area contributed by atoms with Gasteiger partial charge in [-0.15, -0.1) is 0 Å². The van der Waals surface area contributed by atoms with Crippen molar-refractivity contribution in [2.45, 2.75) is 52.2 Å². The van der Waals surface area contributed by atoms with Gasteiger partial charge in [-0.1, -0.05) is 6.58 Å². The summed E-state index contributed by atoms with van der Waals surface area (Å²) in [5.74, 6) is -0.0617. The van der Waals surface area contributed by atoms with Crippen molar-refractivity contribution in [2.75, 3.05) is 6.54 Å². The van der Waals surface area contributed by atoms with E-state index in [4.69, 9.17) is 4.74 Å². The van der Waals surface area contributed by atoms with Crippen LogP contribution in [0.4, 0.5) is 4.79 Å². The fourth-order valence-electron chi connectivity index (χ4n) is 1.86. The highest BCUT2D eigenvalue weighted by molar-refractivity contribution is 6.00. The van der Waals surface area contributed by atoms with Gasteiger partial charge in [0.15, 0.2) is 5.78 Å². The second-order valence-corrected chi connectivity index (χ2v) is 5.48. The lowest BCUT2D eigenvalue weighted by molar-refractivity contribution is -0.119. The van der Waals surface area contributed by atoms with Crippen LogP contribution in [-0.2, 0) is 9.53 Å². The minimum absolute atomic E-state index is 0.0617. The van der Waals surface area contributed by atoms with Gasteiger partial charge in [0.05, 0.1) is 6.04 Å². The average Bonchev–Trinajstić information content (AvgIpc) is 2.61. The summed E-state index contributed by atoms with van der Waals surface area (Å²) in [7, 11) is 0. The quantitative estimate of drug-likeness (QED) is 0.696. The monoisotopic (exact) mass is 239 g/mol. The molecule has 96 valence electrons. The molecule has 4 nitrogen and oxygen atoms in total. The van der Waals surface area contributed by atoms with Crippen molar-refractivity contribution in [3.63, 3.8) is 0 Å². The number of hydrogen-bond donors (Lipinski definition) is 0. The van der Waals surface area contributed by atoms with E-state index in [-0.39, 0.29) is 11.8 Å². The lowest BCUT2D eigenvalue weighted by atomic mass is 10.1. The number of carbonyl (C=O) groups excluding carboxylic acids is 2. The van der Waals surface area contributed by atoms with Crippen molar-refractivity contribution >= 4 is 11.9 Å². The molecular weight excluding hydrogens is 218 g/mol. The Bertz CT molecular complexity index is 341. The first kappa shape index (κ1) is 13.7. The van der Waals surface area contributed by atoms with E-state index in [0.717, 1.165) is 6.42 Å². The minimum Gasteiger partial charge on any atom is -0.444 e. The molecule has 1 rings (SSSR count). The number of carbonyl (C=O) groups is 2. The Morgan fingerprint density at radius 3 is 2.41 bits per heavy atom. The van der Waals surface area contributed by atoms with Gasteiger partial charge in [-0.05, 0) is 46.1 Å². The first-order valence-corrected chi connectivity index (χ1v) is 5.92. The molecule has 1 aliphatic heterocycles. The Hall–Kier alpha value is -1.32. The lowest BCUT2D eigenvalue weighted by Gasteiger charge is -2.27. The van der Waals surface area contributed by atoms with Crippen LogP contribution in [0.1, 0.15) is 40.5 Å². The van der Waals surface area contributed by atoms with Crippen LogP contribution in [0.15, 0.2) is 12.2 Å².